The molecule has 1 aliphatic heterocycles. The molecule has 0 N–H and O–H groups in total. The van der Waals surface area contributed by atoms with E-state index >= 15 is 0 Å². The normalized spacial score (nSPS) is 18.9. The third kappa shape index (κ3) is 3.33. The number of methoxy groups -OCH3 is 1. The molecule has 0 bridgehead atoms. The highest BCUT2D eigenvalue weighted by Gasteiger charge is 2.26. The third-order valence-electron chi connectivity index (χ3n) is 3.72. The molecule has 1 fully saturated rings. The standard InChI is InChI=1S/C15H19N5O/c1-11-3-5-16-14(19-11)13-4-6-20(10-13)9-12-7-17-15(21-2)18-8-12/h3,5,7-8,13H,4,6,9-10H2,1-2H3/t13-/m1/s1. The maximum absolute atomic E-state index is 4.97. The lowest BCUT2D eigenvalue weighted by Crippen LogP contribution is -2.20. The largest absolute Gasteiger partial charge is 0.467 e. The number of aryl methyl sites for hydroxylation is 1. The first-order valence-corrected chi connectivity index (χ1v) is 7.11. The minimum atomic E-state index is 0.409. The van der Waals surface area contributed by atoms with E-state index in [-0.39, 0.29) is 0 Å². The number of hydrogen-bond acceptors (Lipinski definition) is 6. The van der Waals surface area contributed by atoms with Crippen LogP contribution in [-0.4, -0.2) is 45.0 Å². The van der Waals surface area contributed by atoms with Crippen molar-refractivity contribution >= 4 is 0 Å². The van der Waals surface area contributed by atoms with Crippen molar-refractivity contribution in [1.29, 1.82) is 0 Å². The van der Waals surface area contributed by atoms with Gasteiger partial charge < -0.3 is 4.74 Å². The molecule has 1 atom stereocenters. The summed E-state index contributed by atoms with van der Waals surface area (Å²) in [5.41, 5.74) is 2.13. The first-order valence-electron chi connectivity index (χ1n) is 7.11. The average Bonchev–Trinajstić information content (AvgIpc) is 2.97. The van der Waals surface area contributed by atoms with Gasteiger partial charge in [-0.15, -0.1) is 0 Å². The Hall–Kier alpha value is -2.08. The smallest absolute Gasteiger partial charge is 0.316 e. The summed E-state index contributed by atoms with van der Waals surface area (Å²) >= 11 is 0. The van der Waals surface area contributed by atoms with Gasteiger partial charge in [0.2, 0.25) is 0 Å². The third-order valence-corrected chi connectivity index (χ3v) is 3.72. The molecule has 0 radical (unpaired) electrons. The second-order valence-corrected chi connectivity index (χ2v) is 5.35. The van der Waals surface area contributed by atoms with Crippen LogP contribution in [0.2, 0.25) is 0 Å². The van der Waals surface area contributed by atoms with E-state index in [0.717, 1.165) is 43.1 Å². The zero-order valence-corrected chi connectivity index (χ0v) is 12.4. The Labute approximate surface area is 124 Å². The van der Waals surface area contributed by atoms with Crippen molar-refractivity contribution in [2.75, 3.05) is 20.2 Å². The van der Waals surface area contributed by atoms with Crippen molar-refractivity contribution in [1.82, 2.24) is 24.8 Å². The molecule has 0 spiro atoms. The van der Waals surface area contributed by atoms with Crippen LogP contribution < -0.4 is 4.74 Å². The maximum Gasteiger partial charge on any atom is 0.316 e. The topological polar surface area (TPSA) is 64.0 Å². The van der Waals surface area contributed by atoms with Gasteiger partial charge in [0.15, 0.2) is 0 Å². The molecule has 3 heterocycles. The van der Waals surface area contributed by atoms with Crippen LogP contribution in [0.1, 0.15) is 29.4 Å². The highest BCUT2D eigenvalue weighted by Crippen LogP contribution is 2.25. The lowest BCUT2D eigenvalue weighted by Gasteiger charge is -2.15. The van der Waals surface area contributed by atoms with Crippen LogP contribution in [0, 0.1) is 6.92 Å². The quantitative estimate of drug-likeness (QED) is 0.849. The molecule has 0 amide bonds. The van der Waals surface area contributed by atoms with E-state index in [4.69, 9.17) is 4.74 Å². The number of rotatable bonds is 4. The van der Waals surface area contributed by atoms with Gasteiger partial charge in [0, 0.05) is 48.9 Å². The Balaban J connectivity index is 1.61. The van der Waals surface area contributed by atoms with Crippen molar-refractivity contribution in [2.45, 2.75) is 25.8 Å². The van der Waals surface area contributed by atoms with Crippen molar-refractivity contribution < 1.29 is 4.74 Å². The molecule has 3 rings (SSSR count). The van der Waals surface area contributed by atoms with Gasteiger partial charge in [-0.05, 0) is 26.0 Å². The summed E-state index contributed by atoms with van der Waals surface area (Å²) in [6.45, 7) is 4.89. The molecule has 1 aliphatic rings. The predicted octanol–water partition coefficient (Wildman–Crippen LogP) is 1.57. The summed E-state index contributed by atoms with van der Waals surface area (Å²) < 4.78 is 4.97. The number of hydrogen-bond donors (Lipinski definition) is 0. The first kappa shape index (κ1) is 13.9. The summed E-state index contributed by atoms with van der Waals surface area (Å²) in [6, 6.07) is 2.34. The van der Waals surface area contributed by atoms with Crippen molar-refractivity contribution in [3.8, 4) is 6.01 Å². The van der Waals surface area contributed by atoms with Crippen LogP contribution in [0.25, 0.3) is 0 Å². The number of nitrogens with zero attached hydrogens (tertiary/aromatic N) is 5. The fourth-order valence-corrected chi connectivity index (χ4v) is 2.64. The molecule has 0 aliphatic carbocycles. The Kier molecular flexibility index (Phi) is 4.06. The Morgan fingerprint density at radius 3 is 2.81 bits per heavy atom. The highest BCUT2D eigenvalue weighted by atomic mass is 16.5. The Morgan fingerprint density at radius 2 is 2.10 bits per heavy atom. The van der Waals surface area contributed by atoms with E-state index in [0.29, 0.717) is 11.9 Å². The average molecular weight is 285 g/mol. The van der Waals surface area contributed by atoms with Gasteiger partial charge in [0.05, 0.1) is 7.11 Å². The van der Waals surface area contributed by atoms with E-state index in [9.17, 15) is 0 Å². The molecule has 6 heteroatoms. The minimum Gasteiger partial charge on any atom is -0.467 e. The summed E-state index contributed by atoms with van der Waals surface area (Å²) in [7, 11) is 1.57. The summed E-state index contributed by atoms with van der Waals surface area (Å²) in [5.74, 6) is 1.38. The minimum absolute atomic E-state index is 0.409. The van der Waals surface area contributed by atoms with Crippen LogP contribution in [-0.2, 0) is 6.54 Å². The van der Waals surface area contributed by atoms with Gasteiger partial charge in [-0.2, -0.15) is 0 Å². The van der Waals surface area contributed by atoms with Crippen LogP contribution in [0.5, 0.6) is 6.01 Å². The Bertz CT molecular complexity index is 601. The van der Waals surface area contributed by atoms with Crippen LogP contribution in [0.3, 0.4) is 0 Å². The summed E-state index contributed by atoms with van der Waals surface area (Å²) in [5, 5.41) is 0. The fourth-order valence-electron chi connectivity index (χ4n) is 2.64. The molecule has 110 valence electrons. The number of ether oxygens (including phenoxy) is 1. The fraction of sp³-hybridized carbons (Fsp3) is 0.467. The van der Waals surface area contributed by atoms with Gasteiger partial charge in [-0.25, -0.2) is 19.9 Å². The monoisotopic (exact) mass is 285 g/mol. The van der Waals surface area contributed by atoms with Gasteiger partial charge in [-0.1, -0.05) is 0 Å². The zero-order valence-electron chi connectivity index (χ0n) is 12.4. The lowest BCUT2D eigenvalue weighted by molar-refractivity contribution is 0.323. The summed E-state index contributed by atoms with van der Waals surface area (Å²) in [6.07, 6.45) is 6.59. The van der Waals surface area contributed by atoms with Gasteiger partial charge >= 0.3 is 6.01 Å². The van der Waals surface area contributed by atoms with Crippen LogP contribution in [0.4, 0.5) is 0 Å². The van der Waals surface area contributed by atoms with E-state index in [1.165, 1.54) is 0 Å². The number of aromatic nitrogens is 4. The Morgan fingerprint density at radius 1 is 1.29 bits per heavy atom. The first-order chi connectivity index (χ1) is 10.2. The molecule has 1 saturated heterocycles. The van der Waals surface area contributed by atoms with Crippen LogP contribution >= 0.6 is 0 Å². The molecule has 2 aromatic rings. The summed E-state index contributed by atoms with van der Waals surface area (Å²) in [4.78, 5) is 19.6. The number of likely N-dealkylation sites (tertiary alicyclic amines) is 1. The second kappa shape index (κ2) is 6.13. The molecular weight excluding hydrogens is 266 g/mol. The van der Waals surface area contributed by atoms with E-state index in [1.54, 1.807) is 7.11 Å². The zero-order chi connectivity index (χ0) is 14.7. The van der Waals surface area contributed by atoms with E-state index in [1.807, 2.05) is 31.6 Å². The van der Waals surface area contributed by atoms with Crippen LogP contribution in [0.15, 0.2) is 24.7 Å². The molecule has 2 aromatic heterocycles. The van der Waals surface area contributed by atoms with E-state index in [2.05, 4.69) is 24.8 Å². The van der Waals surface area contributed by atoms with E-state index < -0.39 is 0 Å². The van der Waals surface area contributed by atoms with Gasteiger partial charge in [-0.3, -0.25) is 4.90 Å². The van der Waals surface area contributed by atoms with Crippen molar-refractivity contribution in [2.24, 2.45) is 0 Å². The molecule has 0 saturated carbocycles. The van der Waals surface area contributed by atoms with Gasteiger partial charge in [0.1, 0.15) is 5.82 Å². The van der Waals surface area contributed by atoms with Crippen molar-refractivity contribution in [3.63, 3.8) is 0 Å². The highest BCUT2D eigenvalue weighted by molar-refractivity contribution is 5.10. The molecule has 0 unspecified atom stereocenters. The predicted molar refractivity (Wildman–Crippen MR) is 78.0 cm³/mol. The molecule has 6 nitrogen and oxygen atoms in total. The maximum atomic E-state index is 4.97. The lowest BCUT2D eigenvalue weighted by atomic mass is 10.1. The molecular formula is C15H19N5O. The van der Waals surface area contributed by atoms with Gasteiger partial charge in [0.25, 0.3) is 0 Å². The molecule has 21 heavy (non-hydrogen) atoms. The molecule has 0 aromatic carbocycles. The SMILES string of the molecule is COc1ncc(CN2CC[C@@H](c3nccc(C)n3)C2)cn1. The second-order valence-electron chi connectivity index (χ2n) is 5.35. The van der Waals surface area contributed by atoms with Crippen molar-refractivity contribution in [3.05, 3.63) is 41.7 Å².